The van der Waals surface area contributed by atoms with E-state index >= 15 is 0 Å². The topological polar surface area (TPSA) is 95.6 Å². The average molecular weight is 210 g/mol. The summed E-state index contributed by atoms with van der Waals surface area (Å²) in [6.07, 6.45) is 1.66. The molecule has 0 aliphatic carbocycles. The molecule has 0 aliphatic rings. The lowest BCUT2D eigenvalue weighted by molar-refractivity contribution is 0.788. The van der Waals surface area contributed by atoms with Crippen LogP contribution in [0.15, 0.2) is 6.33 Å². The fourth-order valence-electron chi connectivity index (χ4n) is 1.25. The van der Waals surface area contributed by atoms with Crippen LogP contribution in [0.25, 0.3) is 11.2 Å². The number of nitrogens with two attached hydrogens (primary N) is 2. The summed E-state index contributed by atoms with van der Waals surface area (Å²) in [5.74, 6) is 1.18. The molecule has 0 fully saturated rings. The van der Waals surface area contributed by atoms with Crippen molar-refractivity contribution < 1.29 is 0 Å². The van der Waals surface area contributed by atoms with Gasteiger partial charge in [-0.25, -0.2) is 4.98 Å². The third kappa shape index (κ3) is 1.35. The first-order valence-corrected chi connectivity index (χ1v) is 4.70. The molecule has 0 aromatic carbocycles. The average Bonchev–Trinajstić information content (AvgIpc) is 2.49. The van der Waals surface area contributed by atoms with Crippen molar-refractivity contribution >= 4 is 35.6 Å². The molecule has 74 valence electrons. The zero-order valence-electron chi connectivity index (χ0n) is 7.38. The largest absolute Gasteiger partial charge is 0.382 e. The summed E-state index contributed by atoms with van der Waals surface area (Å²) in [5.41, 5.74) is 12.4. The Morgan fingerprint density at radius 2 is 2.14 bits per heavy atom. The van der Waals surface area contributed by atoms with Crippen LogP contribution >= 0.6 is 12.6 Å². The number of imidazole rings is 1. The fourth-order valence-corrected chi connectivity index (χ4v) is 1.47. The first kappa shape index (κ1) is 9.07. The number of anilines is 2. The van der Waals surface area contributed by atoms with Crippen LogP contribution in [0.3, 0.4) is 0 Å². The van der Waals surface area contributed by atoms with Crippen LogP contribution in [-0.4, -0.2) is 25.3 Å². The van der Waals surface area contributed by atoms with Crippen LogP contribution < -0.4 is 11.5 Å². The molecule has 0 bridgehead atoms. The maximum atomic E-state index is 5.64. The minimum absolute atomic E-state index is 0.163. The molecule has 0 radical (unpaired) electrons. The first-order valence-electron chi connectivity index (χ1n) is 4.07. The van der Waals surface area contributed by atoms with E-state index in [1.807, 2.05) is 4.57 Å². The Bertz CT molecular complexity index is 464. The highest BCUT2D eigenvalue weighted by atomic mass is 32.1. The van der Waals surface area contributed by atoms with E-state index in [1.165, 1.54) is 0 Å². The van der Waals surface area contributed by atoms with Gasteiger partial charge in [0.1, 0.15) is 5.52 Å². The van der Waals surface area contributed by atoms with Gasteiger partial charge in [0.05, 0.1) is 6.33 Å². The van der Waals surface area contributed by atoms with Crippen LogP contribution in [0.1, 0.15) is 0 Å². The van der Waals surface area contributed by atoms with Crippen molar-refractivity contribution in [3.05, 3.63) is 6.33 Å². The Morgan fingerprint density at radius 1 is 1.36 bits per heavy atom. The van der Waals surface area contributed by atoms with Gasteiger partial charge in [0.25, 0.3) is 0 Å². The van der Waals surface area contributed by atoms with E-state index in [-0.39, 0.29) is 5.95 Å². The van der Waals surface area contributed by atoms with Gasteiger partial charge in [-0.2, -0.15) is 22.6 Å². The molecule has 0 atom stereocenters. The number of nitrogens with zero attached hydrogens (tertiary/aromatic N) is 4. The van der Waals surface area contributed by atoms with E-state index < -0.39 is 0 Å². The third-order valence-electron chi connectivity index (χ3n) is 1.85. The van der Waals surface area contributed by atoms with Gasteiger partial charge in [0.2, 0.25) is 5.95 Å². The lowest BCUT2D eigenvalue weighted by Crippen LogP contribution is -2.04. The molecule has 2 heterocycles. The maximum absolute atomic E-state index is 5.64. The van der Waals surface area contributed by atoms with Gasteiger partial charge in [0, 0.05) is 12.3 Å². The molecule has 0 spiro atoms. The molecule has 0 saturated carbocycles. The Hall–Kier alpha value is -1.50. The number of fused-ring (bicyclic) bond motifs is 1. The Morgan fingerprint density at radius 3 is 2.86 bits per heavy atom. The minimum atomic E-state index is 0.163. The van der Waals surface area contributed by atoms with E-state index in [4.69, 9.17) is 11.5 Å². The smallest absolute Gasteiger partial charge is 0.224 e. The van der Waals surface area contributed by atoms with E-state index in [0.717, 1.165) is 6.54 Å². The number of aromatic nitrogens is 4. The van der Waals surface area contributed by atoms with Crippen molar-refractivity contribution in [2.24, 2.45) is 0 Å². The molecular formula is C7H10N6S. The number of nitrogen functional groups attached to an aromatic ring is 2. The van der Waals surface area contributed by atoms with Crippen molar-refractivity contribution in [3.63, 3.8) is 0 Å². The van der Waals surface area contributed by atoms with Gasteiger partial charge in [-0.1, -0.05) is 0 Å². The molecule has 2 aromatic heterocycles. The molecule has 6 nitrogen and oxygen atoms in total. The summed E-state index contributed by atoms with van der Waals surface area (Å²) in [4.78, 5) is 12.0. The Balaban J connectivity index is 2.66. The molecule has 14 heavy (non-hydrogen) atoms. The van der Waals surface area contributed by atoms with Gasteiger partial charge in [-0.05, 0) is 0 Å². The minimum Gasteiger partial charge on any atom is -0.382 e. The van der Waals surface area contributed by atoms with Crippen LogP contribution in [-0.2, 0) is 6.54 Å². The summed E-state index contributed by atoms with van der Waals surface area (Å²) >= 11 is 4.13. The summed E-state index contributed by atoms with van der Waals surface area (Å²) < 4.78 is 1.84. The summed E-state index contributed by atoms with van der Waals surface area (Å²) in [6, 6.07) is 0. The first-order chi connectivity index (χ1) is 6.72. The van der Waals surface area contributed by atoms with Gasteiger partial charge >= 0.3 is 0 Å². The summed E-state index contributed by atoms with van der Waals surface area (Å²) in [7, 11) is 0. The lowest BCUT2D eigenvalue weighted by Gasteiger charge is -2.01. The lowest BCUT2D eigenvalue weighted by atomic mass is 10.5. The van der Waals surface area contributed by atoms with Gasteiger partial charge < -0.3 is 16.0 Å². The third-order valence-corrected chi connectivity index (χ3v) is 2.05. The zero-order valence-corrected chi connectivity index (χ0v) is 8.28. The van der Waals surface area contributed by atoms with Crippen molar-refractivity contribution in [2.75, 3.05) is 17.2 Å². The quantitative estimate of drug-likeness (QED) is 0.602. The normalized spacial score (nSPS) is 10.9. The van der Waals surface area contributed by atoms with E-state index in [0.29, 0.717) is 22.7 Å². The number of aryl methyl sites for hydroxylation is 1. The highest BCUT2D eigenvalue weighted by molar-refractivity contribution is 7.80. The van der Waals surface area contributed by atoms with E-state index in [2.05, 4.69) is 27.6 Å². The SMILES string of the molecule is Nc1nc(N)c2ncn(CCS)c2n1. The van der Waals surface area contributed by atoms with Crippen molar-refractivity contribution in [1.82, 2.24) is 19.5 Å². The number of thiol groups is 1. The maximum Gasteiger partial charge on any atom is 0.224 e. The second kappa shape index (κ2) is 3.33. The van der Waals surface area contributed by atoms with Gasteiger partial charge in [-0.3, -0.25) is 0 Å². The molecule has 0 aliphatic heterocycles. The highest BCUT2D eigenvalue weighted by Crippen LogP contribution is 2.16. The molecule has 4 N–H and O–H groups in total. The predicted molar refractivity (Wildman–Crippen MR) is 58.0 cm³/mol. The molecule has 0 amide bonds. The van der Waals surface area contributed by atoms with Crippen LogP contribution in [0.4, 0.5) is 11.8 Å². The summed E-state index contributed by atoms with van der Waals surface area (Å²) in [5, 5.41) is 0. The molecule has 2 aromatic rings. The van der Waals surface area contributed by atoms with Crippen LogP contribution in [0.2, 0.25) is 0 Å². The van der Waals surface area contributed by atoms with Crippen LogP contribution in [0.5, 0.6) is 0 Å². The molecular weight excluding hydrogens is 200 g/mol. The Labute approximate surface area is 85.8 Å². The molecule has 0 saturated heterocycles. The van der Waals surface area contributed by atoms with Crippen molar-refractivity contribution in [1.29, 1.82) is 0 Å². The second-order valence-corrected chi connectivity index (χ2v) is 3.25. The predicted octanol–water partition coefficient (Wildman–Crippen LogP) is -0.0795. The van der Waals surface area contributed by atoms with Gasteiger partial charge in [-0.15, -0.1) is 0 Å². The zero-order chi connectivity index (χ0) is 10.1. The number of hydrogen-bond donors (Lipinski definition) is 3. The number of hydrogen-bond acceptors (Lipinski definition) is 6. The van der Waals surface area contributed by atoms with Crippen LogP contribution in [0, 0.1) is 0 Å². The number of rotatable bonds is 2. The monoisotopic (exact) mass is 210 g/mol. The van der Waals surface area contributed by atoms with E-state index in [1.54, 1.807) is 6.33 Å². The van der Waals surface area contributed by atoms with Crippen molar-refractivity contribution in [3.8, 4) is 0 Å². The van der Waals surface area contributed by atoms with Crippen molar-refractivity contribution in [2.45, 2.75) is 6.54 Å². The Kier molecular flexibility index (Phi) is 2.16. The highest BCUT2D eigenvalue weighted by Gasteiger charge is 2.08. The fraction of sp³-hybridized carbons (Fsp3) is 0.286. The standard InChI is InChI=1S/C7H10N6S/c8-5-4-6(12-7(9)11-5)13(1-2-14)3-10-4/h3,14H,1-2H2,(H4,8,9,11,12). The van der Waals surface area contributed by atoms with E-state index in [9.17, 15) is 0 Å². The second-order valence-electron chi connectivity index (χ2n) is 2.80. The van der Waals surface area contributed by atoms with Gasteiger partial charge in [0.15, 0.2) is 11.5 Å². The molecule has 7 heteroatoms. The molecule has 2 rings (SSSR count). The summed E-state index contributed by atoms with van der Waals surface area (Å²) in [6.45, 7) is 0.718. The molecule has 0 unspecified atom stereocenters.